The Balaban J connectivity index is 1.51. The van der Waals surface area contributed by atoms with Crippen molar-refractivity contribution in [3.63, 3.8) is 0 Å². The summed E-state index contributed by atoms with van der Waals surface area (Å²) >= 11 is 0. The zero-order valence-corrected chi connectivity index (χ0v) is 17.1. The lowest BCUT2D eigenvalue weighted by atomic mass is 9.88. The topological polar surface area (TPSA) is 70.7 Å². The molecule has 0 heterocycles. The highest BCUT2D eigenvalue weighted by molar-refractivity contribution is 5.92. The number of carbonyl (C=O) groups excluding carboxylic acids is 2. The van der Waals surface area contributed by atoms with Crippen molar-refractivity contribution in [2.45, 2.75) is 32.2 Å². The molecule has 3 rings (SSSR count). The van der Waals surface area contributed by atoms with Gasteiger partial charge in [0.25, 0.3) is 0 Å². The number of aryl methyl sites for hydroxylation is 1. The van der Waals surface area contributed by atoms with Crippen LogP contribution >= 0.6 is 0 Å². The predicted molar refractivity (Wildman–Crippen MR) is 114 cm³/mol. The van der Waals surface area contributed by atoms with Crippen LogP contribution in [0.2, 0.25) is 0 Å². The molecule has 0 spiro atoms. The molecular formula is C23H29N3O3. The van der Waals surface area contributed by atoms with E-state index in [1.165, 1.54) is 11.1 Å². The SMILES string of the molecule is CCN(CC(=O)Nc1ccc(OC)cc1)CC(=O)NC1CCCc2ccccc21. The Morgan fingerprint density at radius 2 is 1.79 bits per heavy atom. The number of anilines is 1. The van der Waals surface area contributed by atoms with E-state index in [1.54, 1.807) is 31.4 Å². The lowest BCUT2D eigenvalue weighted by Gasteiger charge is -2.27. The van der Waals surface area contributed by atoms with Gasteiger partial charge in [0.2, 0.25) is 11.8 Å². The van der Waals surface area contributed by atoms with Crippen LogP contribution in [0.5, 0.6) is 5.75 Å². The molecule has 1 aliphatic rings. The van der Waals surface area contributed by atoms with Crippen molar-refractivity contribution in [3.05, 3.63) is 59.7 Å². The van der Waals surface area contributed by atoms with Gasteiger partial charge in [0.05, 0.1) is 26.2 Å². The van der Waals surface area contributed by atoms with E-state index in [0.29, 0.717) is 12.2 Å². The van der Waals surface area contributed by atoms with E-state index in [0.717, 1.165) is 25.0 Å². The Morgan fingerprint density at radius 3 is 2.52 bits per heavy atom. The van der Waals surface area contributed by atoms with Gasteiger partial charge in [0.15, 0.2) is 0 Å². The highest BCUT2D eigenvalue weighted by Crippen LogP contribution is 2.29. The first-order chi connectivity index (χ1) is 14.1. The van der Waals surface area contributed by atoms with E-state index in [1.807, 2.05) is 24.0 Å². The number of fused-ring (bicyclic) bond motifs is 1. The van der Waals surface area contributed by atoms with Gasteiger partial charge in [-0.05, 0) is 61.2 Å². The number of amides is 2. The average molecular weight is 396 g/mol. The highest BCUT2D eigenvalue weighted by Gasteiger charge is 2.22. The van der Waals surface area contributed by atoms with Gasteiger partial charge >= 0.3 is 0 Å². The number of ether oxygens (including phenoxy) is 1. The molecule has 2 aromatic carbocycles. The van der Waals surface area contributed by atoms with Crippen LogP contribution in [0.4, 0.5) is 5.69 Å². The lowest BCUT2D eigenvalue weighted by Crippen LogP contribution is -2.42. The van der Waals surface area contributed by atoms with Crippen LogP contribution in [0.1, 0.15) is 36.9 Å². The van der Waals surface area contributed by atoms with Crippen molar-refractivity contribution >= 4 is 17.5 Å². The van der Waals surface area contributed by atoms with Crippen molar-refractivity contribution in [1.82, 2.24) is 10.2 Å². The van der Waals surface area contributed by atoms with Crippen molar-refractivity contribution < 1.29 is 14.3 Å². The average Bonchev–Trinajstić information content (AvgIpc) is 2.74. The minimum atomic E-state index is -0.146. The molecule has 0 aromatic heterocycles. The summed E-state index contributed by atoms with van der Waals surface area (Å²) in [5.41, 5.74) is 3.23. The van der Waals surface area contributed by atoms with Gasteiger partial charge in [0, 0.05) is 5.69 Å². The van der Waals surface area contributed by atoms with E-state index < -0.39 is 0 Å². The minimum absolute atomic E-state index is 0.0502. The monoisotopic (exact) mass is 395 g/mol. The lowest BCUT2D eigenvalue weighted by molar-refractivity contribution is -0.124. The summed E-state index contributed by atoms with van der Waals surface area (Å²) in [6.07, 6.45) is 3.09. The number of benzene rings is 2. The molecule has 29 heavy (non-hydrogen) atoms. The fourth-order valence-electron chi connectivity index (χ4n) is 3.70. The molecule has 0 aliphatic heterocycles. The molecule has 6 heteroatoms. The summed E-state index contributed by atoms with van der Waals surface area (Å²) < 4.78 is 5.12. The summed E-state index contributed by atoms with van der Waals surface area (Å²) in [4.78, 5) is 26.8. The molecular weight excluding hydrogens is 366 g/mol. The van der Waals surface area contributed by atoms with E-state index >= 15 is 0 Å². The molecule has 0 bridgehead atoms. The molecule has 1 aliphatic carbocycles. The van der Waals surface area contributed by atoms with Crippen LogP contribution in [0.25, 0.3) is 0 Å². The van der Waals surface area contributed by atoms with Crippen LogP contribution in [-0.4, -0.2) is 43.5 Å². The highest BCUT2D eigenvalue weighted by atomic mass is 16.5. The third-order valence-electron chi connectivity index (χ3n) is 5.26. The summed E-state index contributed by atoms with van der Waals surface area (Å²) in [5, 5.41) is 6.01. The smallest absolute Gasteiger partial charge is 0.238 e. The summed E-state index contributed by atoms with van der Waals surface area (Å²) in [7, 11) is 1.60. The molecule has 0 radical (unpaired) electrons. The van der Waals surface area contributed by atoms with Gasteiger partial charge in [-0.15, -0.1) is 0 Å². The number of nitrogens with one attached hydrogen (secondary N) is 2. The van der Waals surface area contributed by atoms with Gasteiger partial charge in [-0.2, -0.15) is 0 Å². The first kappa shape index (κ1) is 20.9. The van der Waals surface area contributed by atoms with E-state index in [-0.39, 0.29) is 30.9 Å². The molecule has 2 aromatic rings. The summed E-state index contributed by atoms with van der Waals surface area (Å²) in [5.74, 6) is 0.540. The first-order valence-corrected chi connectivity index (χ1v) is 10.1. The zero-order valence-electron chi connectivity index (χ0n) is 17.1. The Bertz CT molecular complexity index is 836. The molecule has 2 N–H and O–H groups in total. The maximum absolute atomic E-state index is 12.6. The number of carbonyl (C=O) groups is 2. The molecule has 1 unspecified atom stereocenters. The predicted octanol–water partition coefficient (Wildman–Crippen LogP) is 3.15. The number of rotatable bonds is 8. The number of hydrogen-bond donors (Lipinski definition) is 2. The van der Waals surface area contributed by atoms with Gasteiger partial charge in [0.1, 0.15) is 5.75 Å². The second-order valence-corrected chi connectivity index (χ2v) is 7.29. The first-order valence-electron chi connectivity index (χ1n) is 10.1. The second-order valence-electron chi connectivity index (χ2n) is 7.29. The van der Waals surface area contributed by atoms with Crippen molar-refractivity contribution in [1.29, 1.82) is 0 Å². The van der Waals surface area contributed by atoms with Gasteiger partial charge in [-0.25, -0.2) is 0 Å². The Hall–Kier alpha value is -2.86. The van der Waals surface area contributed by atoms with Crippen LogP contribution in [0, 0.1) is 0 Å². The standard InChI is InChI=1S/C23H29N3O3/c1-3-26(15-22(27)24-18-11-13-19(29-2)14-12-18)16-23(28)25-21-10-6-8-17-7-4-5-9-20(17)21/h4-5,7,9,11-14,21H,3,6,8,10,15-16H2,1-2H3,(H,24,27)(H,25,28). The zero-order chi connectivity index (χ0) is 20.6. The third kappa shape index (κ3) is 5.81. The third-order valence-corrected chi connectivity index (χ3v) is 5.26. The van der Waals surface area contributed by atoms with Crippen molar-refractivity contribution in [3.8, 4) is 5.75 Å². The largest absolute Gasteiger partial charge is 0.497 e. The number of methoxy groups -OCH3 is 1. The van der Waals surface area contributed by atoms with Crippen LogP contribution in [0.3, 0.4) is 0 Å². The maximum Gasteiger partial charge on any atom is 0.238 e. The quantitative estimate of drug-likeness (QED) is 0.720. The van der Waals surface area contributed by atoms with Gasteiger partial charge in [-0.3, -0.25) is 14.5 Å². The summed E-state index contributed by atoms with van der Waals surface area (Å²) in [6.45, 7) is 2.93. The molecule has 1 atom stereocenters. The number of likely N-dealkylation sites (N-methyl/N-ethyl adjacent to an activating group) is 1. The second kappa shape index (κ2) is 10.1. The fourth-order valence-corrected chi connectivity index (χ4v) is 3.70. The molecule has 6 nitrogen and oxygen atoms in total. The normalized spacial score (nSPS) is 15.5. The molecule has 154 valence electrons. The Morgan fingerprint density at radius 1 is 1.07 bits per heavy atom. The van der Waals surface area contributed by atoms with E-state index in [9.17, 15) is 9.59 Å². The summed E-state index contributed by atoms with van der Waals surface area (Å²) in [6, 6.07) is 15.5. The number of nitrogens with zero attached hydrogens (tertiary/aromatic N) is 1. The van der Waals surface area contributed by atoms with Crippen molar-refractivity contribution in [2.75, 3.05) is 32.1 Å². The van der Waals surface area contributed by atoms with E-state index in [2.05, 4.69) is 22.8 Å². The van der Waals surface area contributed by atoms with Crippen LogP contribution < -0.4 is 15.4 Å². The van der Waals surface area contributed by atoms with Gasteiger partial charge in [-0.1, -0.05) is 31.2 Å². The van der Waals surface area contributed by atoms with E-state index in [4.69, 9.17) is 4.74 Å². The van der Waals surface area contributed by atoms with Crippen LogP contribution in [-0.2, 0) is 16.0 Å². The fraction of sp³-hybridized carbons (Fsp3) is 0.391. The molecule has 0 saturated heterocycles. The molecule has 0 saturated carbocycles. The van der Waals surface area contributed by atoms with Crippen LogP contribution in [0.15, 0.2) is 48.5 Å². The Kier molecular flexibility index (Phi) is 7.25. The maximum atomic E-state index is 12.6. The minimum Gasteiger partial charge on any atom is -0.497 e. The Labute approximate surface area is 172 Å². The number of hydrogen-bond acceptors (Lipinski definition) is 4. The molecule has 2 amide bonds. The van der Waals surface area contributed by atoms with Gasteiger partial charge < -0.3 is 15.4 Å². The van der Waals surface area contributed by atoms with Crippen molar-refractivity contribution in [2.24, 2.45) is 0 Å². The molecule has 0 fully saturated rings.